The molecule has 0 atom stereocenters. The Bertz CT molecular complexity index is 1140. The van der Waals surface area contributed by atoms with Gasteiger partial charge in [0.15, 0.2) is 0 Å². The van der Waals surface area contributed by atoms with Gasteiger partial charge in [-0.2, -0.15) is 16.3 Å². The molecule has 0 saturated carbocycles. The highest BCUT2D eigenvalue weighted by atomic mass is 32.1. The highest BCUT2D eigenvalue weighted by Crippen LogP contribution is 2.28. The third-order valence-corrected chi connectivity index (χ3v) is 5.35. The van der Waals surface area contributed by atoms with Crippen molar-refractivity contribution in [1.29, 1.82) is 0 Å². The maximum atomic E-state index is 12.2. The van der Waals surface area contributed by atoms with E-state index in [2.05, 4.69) is 20.2 Å². The van der Waals surface area contributed by atoms with Crippen LogP contribution < -0.4 is 5.32 Å². The number of carboxylic acid groups (broad SMARTS) is 2. The average Bonchev–Trinajstić information content (AvgIpc) is 3.48. The van der Waals surface area contributed by atoms with Gasteiger partial charge >= 0.3 is 17.9 Å². The fourth-order valence-corrected chi connectivity index (χ4v) is 3.61. The van der Waals surface area contributed by atoms with E-state index in [0.717, 1.165) is 5.56 Å². The van der Waals surface area contributed by atoms with E-state index in [1.54, 1.807) is 35.6 Å². The Morgan fingerprint density at radius 2 is 1.82 bits per heavy atom. The standard InChI is InChI=1S/C19H18N4O4S.C2H2O4/c1-26-19(25)12-2-4-15(5-3-12)20-16(24)10-23-8-14(9-23)18-21-17(22-27-18)13-6-7-28-11-13;3-1(4)2(5)6/h2-7,11,14H,8-10H2,1H3,(H,20,24);(H,3,4)(H,5,6). The van der Waals surface area contributed by atoms with Crippen molar-refractivity contribution in [2.75, 3.05) is 32.1 Å². The number of ether oxygens (including phenoxy) is 1. The smallest absolute Gasteiger partial charge is 0.414 e. The molecule has 4 rings (SSSR count). The van der Waals surface area contributed by atoms with Crippen molar-refractivity contribution in [1.82, 2.24) is 15.0 Å². The average molecular weight is 488 g/mol. The van der Waals surface area contributed by atoms with Gasteiger partial charge < -0.3 is 24.8 Å². The number of esters is 1. The van der Waals surface area contributed by atoms with Crippen LogP contribution in [0.2, 0.25) is 0 Å². The summed E-state index contributed by atoms with van der Waals surface area (Å²) in [6.07, 6.45) is 0. The normalized spacial score (nSPS) is 13.2. The van der Waals surface area contributed by atoms with E-state index in [1.165, 1.54) is 7.11 Å². The molecule has 0 bridgehead atoms. The Morgan fingerprint density at radius 1 is 1.15 bits per heavy atom. The van der Waals surface area contributed by atoms with Crippen LogP contribution in [0.15, 0.2) is 45.6 Å². The van der Waals surface area contributed by atoms with E-state index >= 15 is 0 Å². The van der Waals surface area contributed by atoms with Crippen molar-refractivity contribution < 1.29 is 38.7 Å². The Kier molecular flexibility index (Phi) is 8.05. The lowest BCUT2D eigenvalue weighted by Gasteiger charge is -2.36. The molecule has 3 aromatic rings. The summed E-state index contributed by atoms with van der Waals surface area (Å²) in [5.74, 6) is -2.82. The van der Waals surface area contributed by atoms with Crippen LogP contribution in [0.4, 0.5) is 5.69 Å². The van der Waals surface area contributed by atoms with Crippen molar-refractivity contribution in [3.63, 3.8) is 0 Å². The molecule has 0 spiro atoms. The minimum absolute atomic E-state index is 0.117. The maximum Gasteiger partial charge on any atom is 0.414 e. The SMILES string of the molecule is COC(=O)c1ccc(NC(=O)CN2CC(c3nc(-c4ccsc4)no3)C2)cc1.O=C(O)C(=O)O. The third kappa shape index (κ3) is 6.46. The number of nitrogens with one attached hydrogen (secondary N) is 1. The van der Waals surface area contributed by atoms with Gasteiger partial charge in [-0.1, -0.05) is 5.16 Å². The van der Waals surface area contributed by atoms with Gasteiger partial charge in [0.2, 0.25) is 17.6 Å². The summed E-state index contributed by atoms with van der Waals surface area (Å²) in [6.45, 7) is 1.67. The lowest BCUT2D eigenvalue weighted by atomic mass is 10.0. The second kappa shape index (κ2) is 11.2. The highest BCUT2D eigenvalue weighted by Gasteiger charge is 2.33. The lowest BCUT2D eigenvalue weighted by molar-refractivity contribution is -0.159. The van der Waals surface area contributed by atoms with E-state index in [9.17, 15) is 9.59 Å². The Hall–Kier alpha value is -4.10. The van der Waals surface area contributed by atoms with Gasteiger partial charge in [0.1, 0.15) is 0 Å². The van der Waals surface area contributed by atoms with Crippen LogP contribution in [0.5, 0.6) is 0 Å². The topological polar surface area (TPSA) is 172 Å². The summed E-state index contributed by atoms with van der Waals surface area (Å²) in [5.41, 5.74) is 2.02. The molecule has 1 aromatic carbocycles. The van der Waals surface area contributed by atoms with Crippen molar-refractivity contribution >= 4 is 40.8 Å². The zero-order chi connectivity index (χ0) is 24.7. The largest absolute Gasteiger partial charge is 0.473 e. The molecule has 1 aliphatic heterocycles. The van der Waals surface area contributed by atoms with Crippen molar-refractivity contribution in [3.8, 4) is 11.4 Å². The van der Waals surface area contributed by atoms with Crippen LogP contribution >= 0.6 is 11.3 Å². The number of likely N-dealkylation sites (tertiary alicyclic amines) is 1. The Labute approximate surface area is 196 Å². The molecule has 1 aliphatic rings. The summed E-state index contributed by atoms with van der Waals surface area (Å²) >= 11 is 1.59. The zero-order valence-corrected chi connectivity index (χ0v) is 18.7. The van der Waals surface area contributed by atoms with Gasteiger partial charge in [0.25, 0.3) is 0 Å². The molecule has 0 aliphatic carbocycles. The minimum Gasteiger partial charge on any atom is -0.473 e. The summed E-state index contributed by atoms with van der Waals surface area (Å²) in [4.78, 5) is 48.3. The first kappa shape index (κ1) is 24.5. The quantitative estimate of drug-likeness (QED) is 0.341. The number of carbonyl (C=O) groups is 4. The Balaban J connectivity index is 0.000000481. The minimum atomic E-state index is -1.82. The summed E-state index contributed by atoms with van der Waals surface area (Å²) in [7, 11) is 1.33. The van der Waals surface area contributed by atoms with Crippen LogP contribution in [0.1, 0.15) is 22.2 Å². The molecule has 1 saturated heterocycles. The number of benzene rings is 1. The number of hydrogen-bond donors (Lipinski definition) is 3. The van der Waals surface area contributed by atoms with Gasteiger partial charge in [-0.25, -0.2) is 14.4 Å². The van der Waals surface area contributed by atoms with Crippen molar-refractivity contribution in [2.24, 2.45) is 0 Å². The highest BCUT2D eigenvalue weighted by molar-refractivity contribution is 7.08. The van der Waals surface area contributed by atoms with E-state index in [1.807, 2.05) is 21.7 Å². The van der Waals surface area contributed by atoms with E-state index in [0.29, 0.717) is 36.1 Å². The van der Waals surface area contributed by atoms with E-state index in [4.69, 9.17) is 24.3 Å². The molecule has 0 unspecified atom stereocenters. The summed E-state index contributed by atoms with van der Waals surface area (Å²) in [5, 5.41) is 25.6. The van der Waals surface area contributed by atoms with Crippen molar-refractivity contribution in [2.45, 2.75) is 5.92 Å². The molecule has 178 valence electrons. The summed E-state index contributed by atoms with van der Waals surface area (Å²) in [6, 6.07) is 8.53. The van der Waals surface area contributed by atoms with Crippen molar-refractivity contribution in [3.05, 3.63) is 52.5 Å². The number of methoxy groups -OCH3 is 1. The first-order valence-electron chi connectivity index (χ1n) is 9.79. The molecular formula is C21H20N4O8S. The zero-order valence-electron chi connectivity index (χ0n) is 17.8. The second-order valence-corrected chi connectivity index (χ2v) is 7.87. The molecule has 2 aromatic heterocycles. The number of thiophene rings is 1. The fourth-order valence-electron chi connectivity index (χ4n) is 2.98. The number of hydrogen-bond acceptors (Lipinski definition) is 10. The molecule has 1 amide bonds. The predicted molar refractivity (Wildman–Crippen MR) is 118 cm³/mol. The van der Waals surface area contributed by atoms with Gasteiger partial charge in [-0.3, -0.25) is 9.69 Å². The first-order chi connectivity index (χ1) is 16.3. The fraction of sp³-hybridized carbons (Fsp3) is 0.238. The predicted octanol–water partition coefficient (Wildman–Crippen LogP) is 1.78. The van der Waals surface area contributed by atoms with E-state index in [-0.39, 0.29) is 18.4 Å². The summed E-state index contributed by atoms with van der Waals surface area (Å²) < 4.78 is 10.0. The number of anilines is 1. The molecule has 0 radical (unpaired) electrons. The number of rotatable bonds is 6. The number of carbonyl (C=O) groups excluding carboxylic acids is 2. The molecule has 1 fully saturated rings. The van der Waals surface area contributed by atoms with Crippen LogP contribution in [0, 0.1) is 0 Å². The van der Waals surface area contributed by atoms with Crippen LogP contribution in [-0.2, 0) is 19.1 Å². The number of nitrogens with zero attached hydrogens (tertiary/aromatic N) is 3. The van der Waals surface area contributed by atoms with Gasteiger partial charge in [-0.15, -0.1) is 0 Å². The second-order valence-electron chi connectivity index (χ2n) is 7.09. The van der Waals surface area contributed by atoms with E-state index < -0.39 is 17.9 Å². The number of aliphatic carboxylic acids is 2. The molecular weight excluding hydrogens is 468 g/mol. The lowest BCUT2D eigenvalue weighted by Crippen LogP contribution is -2.48. The van der Waals surface area contributed by atoms with Crippen LogP contribution in [0.25, 0.3) is 11.4 Å². The first-order valence-corrected chi connectivity index (χ1v) is 10.7. The van der Waals surface area contributed by atoms with Gasteiger partial charge in [-0.05, 0) is 35.7 Å². The molecule has 3 heterocycles. The molecule has 12 nitrogen and oxygen atoms in total. The molecule has 13 heteroatoms. The van der Waals surface area contributed by atoms with Gasteiger partial charge in [0.05, 0.1) is 25.1 Å². The monoisotopic (exact) mass is 488 g/mol. The maximum absolute atomic E-state index is 12.2. The molecule has 34 heavy (non-hydrogen) atoms. The molecule has 3 N–H and O–H groups in total. The van der Waals surface area contributed by atoms with Gasteiger partial charge in [0, 0.05) is 29.7 Å². The van der Waals surface area contributed by atoms with Crippen LogP contribution in [-0.4, -0.2) is 75.8 Å². The van der Waals surface area contributed by atoms with Crippen LogP contribution in [0.3, 0.4) is 0 Å². The third-order valence-electron chi connectivity index (χ3n) is 4.67. The number of amides is 1. The number of aromatic nitrogens is 2. The number of carboxylic acids is 2. The Morgan fingerprint density at radius 3 is 2.38 bits per heavy atom.